The fraction of sp³-hybridized carbons (Fsp3) is 0.324. The lowest BCUT2D eigenvalue weighted by atomic mass is 10.0. The van der Waals surface area contributed by atoms with E-state index in [1.165, 1.54) is 35.1 Å². The lowest BCUT2D eigenvalue weighted by Crippen LogP contribution is -2.54. The zero-order chi connectivity index (χ0) is 32.7. The molecule has 46 heavy (non-hydrogen) atoms. The van der Waals surface area contributed by atoms with E-state index >= 15 is 8.78 Å². The van der Waals surface area contributed by atoms with Gasteiger partial charge in [0.1, 0.15) is 28.7 Å². The van der Waals surface area contributed by atoms with Gasteiger partial charge in [0.25, 0.3) is 0 Å². The van der Waals surface area contributed by atoms with Gasteiger partial charge in [-0.3, -0.25) is 9.78 Å². The number of methoxy groups -OCH3 is 1. The van der Waals surface area contributed by atoms with E-state index in [4.69, 9.17) is 9.15 Å². The summed E-state index contributed by atoms with van der Waals surface area (Å²) in [5.41, 5.74) is 1.36. The Morgan fingerprint density at radius 1 is 1.15 bits per heavy atom. The summed E-state index contributed by atoms with van der Waals surface area (Å²) >= 11 is 0. The normalized spacial score (nSPS) is 15.6. The highest BCUT2D eigenvalue weighted by molar-refractivity contribution is 5.92. The van der Waals surface area contributed by atoms with Crippen molar-refractivity contribution >= 4 is 33.7 Å². The number of aromatic nitrogens is 4. The van der Waals surface area contributed by atoms with Crippen LogP contribution in [-0.2, 0) is 9.53 Å². The first-order valence-electron chi connectivity index (χ1n) is 15.1. The van der Waals surface area contributed by atoms with Gasteiger partial charge in [-0.1, -0.05) is 19.9 Å². The zero-order valence-corrected chi connectivity index (χ0v) is 26.3. The number of aryl methyl sites for hydroxylation is 1. The molecule has 1 aliphatic heterocycles. The van der Waals surface area contributed by atoms with Gasteiger partial charge in [0.2, 0.25) is 5.91 Å². The van der Waals surface area contributed by atoms with Gasteiger partial charge in [0, 0.05) is 62.1 Å². The number of rotatable bonds is 7. The average Bonchev–Trinajstić information content (AvgIpc) is 3.48. The Balaban J connectivity index is 1.56. The van der Waals surface area contributed by atoms with Crippen molar-refractivity contribution in [3.05, 3.63) is 88.3 Å². The molecule has 1 atom stereocenters. The number of anilines is 1. The molecule has 5 heterocycles. The predicted octanol–water partition coefficient (Wildman–Crippen LogP) is 5.54. The van der Waals surface area contributed by atoms with Crippen molar-refractivity contribution in [1.82, 2.24) is 24.4 Å². The van der Waals surface area contributed by atoms with Crippen LogP contribution in [0.25, 0.3) is 38.9 Å². The Labute approximate surface area is 263 Å². The topological polar surface area (TPSA) is 107 Å². The van der Waals surface area contributed by atoms with Crippen LogP contribution in [0.3, 0.4) is 0 Å². The van der Waals surface area contributed by atoms with E-state index in [0.29, 0.717) is 48.6 Å². The van der Waals surface area contributed by atoms with E-state index < -0.39 is 17.3 Å². The van der Waals surface area contributed by atoms with Crippen LogP contribution in [0.5, 0.6) is 0 Å². The Hall–Kier alpha value is -4.97. The Morgan fingerprint density at radius 2 is 1.96 bits per heavy atom. The number of hydrogen-bond acceptors (Lipinski definition) is 8. The molecule has 5 aromatic rings. The largest absolute Gasteiger partial charge is 0.464 e. The minimum absolute atomic E-state index is 0.0686. The van der Waals surface area contributed by atoms with Gasteiger partial charge < -0.3 is 19.0 Å². The number of halogens is 2. The number of fused-ring (bicyclic) bond motifs is 2. The zero-order valence-electron chi connectivity index (χ0n) is 26.3. The van der Waals surface area contributed by atoms with Crippen LogP contribution in [-0.4, -0.2) is 69.7 Å². The number of amides is 1. The molecule has 1 amide bonds. The molecular weight excluding hydrogens is 594 g/mol. The molecule has 0 unspecified atom stereocenters. The highest BCUT2D eigenvalue weighted by Gasteiger charge is 2.31. The monoisotopic (exact) mass is 628 g/mol. The minimum atomic E-state index is -0.778. The fourth-order valence-corrected chi connectivity index (χ4v) is 5.99. The number of benzene rings is 1. The van der Waals surface area contributed by atoms with Gasteiger partial charge >= 0.3 is 5.69 Å². The highest BCUT2D eigenvalue weighted by Crippen LogP contribution is 2.35. The molecule has 1 saturated heterocycles. The number of carbonyl (C=O) groups excluding carboxylic acids is 1. The van der Waals surface area contributed by atoms with Gasteiger partial charge in [-0.15, -0.1) is 0 Å². The molecule has 1 aromatic carbocycles. The third-order valence-electron chi connectivity index (χ3n) is 8.26. The molecule has 0 bridgehead atoms. The summed E-state index contributed by atoms with van der Waals surface area (Å²) in [6.07, 6.45) is 6.23. The second-order valence-electron chi connectivity index (χ2n) is 11.7. The summed E-state index contributed by atoms with van der Waals surface area (Å²) in [6, 6.07) is 7.09. The van der Waals surface area contributed by atoms with Crippen molar-refractivity contribution in [3.8, 4) is 16.9 Å². The Bertz CT molecular complexity index is 2050. The molecular formula is C34H34F2N6O4. The summed E-state index contributed by atoms with van der Waals surface area (Å²) in [7, 11) is 1.55. The second kappa shape index (κ2) is 12.4. The smallest absolute Gasteiger partial charge is 0.355 e. The van der Waals surface area contributed by atoms with Crippen molar-refractivity contribution in [1.29, 1.82) is 0 Å². The number of furan rings is 1. The SMILES string of the molecule is COC/C=C/C(=O)N1CCN(c2nc(=O)n(-c3c(C)ccnc3C(C)C)c3nc(-c4cc5ccoc5cc4F)c(F)cc23)[C@@H](C)C1. The summed E-state index contributed by atoms with van der Waals surface area (Å²) in [4.78, 5) is 44.2. The van der Waals surface area contributed by atoms with Crippen LogP contribution < -0.4 is 10.6 Å². The summed E-state index contributed by atoms with van der Waals surface area (Å²) in [5, 5.41) is 0.851. The highest BCUT2D eigenvalue weighted by atomic mass is 19.1. The van der Waals surface area contributed by atoms with Crippen molar-refractivity contribution in [2.75, 3.05) is 38.3 Å². The molecule has 1 aliphatic rings. The first-order valence-corrected chi connectivity index (χ1v) is 15.1. The number of hydrogen-bond donors (Lipinski definition) is 0. The van der Waals surface area contributed by atoms with Crippen LogP contribution in [0, 0.1) is 18.6 Å². The quantitative estimate of drug-likeness (QED) is 0.217. The standard InChI is InChI=1S/C34H34F2N6O4/c1-19(2)29-31(20(3)8-10-37-29)42-33-24(16-26(36)30(38-33)23-15-22-9-14-46-27(22)17-25(23)35)32(39-34(42)44)41-12-11-40(18-21(41)4)28(43)7-6-13-45-5/h6-10,14-17,19,21H,11-13,18H2,1-5H3/b7-6+/t21-/m0/s1. The second-order valence-corrected chi connectivity index (χ2v) is 11.7. The lowest BCUT2D eigenvalue weighted by Gasteiger charge is -2.40. The average molecular weight is 629 g/mol. The van der Waals surface area contributed by atoms with Crippen LogP contribution in [0.2, 0.25) is 0 Å². The number of carbonyl (C=O) groups is 1. The Kier molecular flexibility index (Phi) is 8.39. The maximum Gasteiger partial charge on any atom is 0.355 e. The molecule has 0 aliphatic carbocycles. The molecule has 10 nitrogen and oxygen atoms in total. The third-order valence-corrected chi connectivity index (χ3v) is 8.26. The van der Waals surface area contributed by atoms with Crippen molar-refractivity contribution in [3.63, 3.8) is 0 Å². The summed E-state index contributed by atoms with van der Waals surface area (Å²) in [6.45, 7) is 9.06. The summed E-state index contributed by atoms with van der Waals surface area (Å²) in [5.74, 6) is -1.48. The molecule has 238 valence electrons. The lowest BCUT2D eigenvalue weighted by molar-refractivity contribution is -0.126. The van der Waals surface area contributed by atoms with Crippen molar-refractivity contribution in [2.45, 2.75) is 39.7 Å². The van der Waals surface area contributed by atoms with Crippen molar-refractivity contribution < 1.29 is 22.7 Å². The van der Waals surface area contributed by atoms with Crippen LogP contribution >= 0.6 is 0 Å². The molecule has 4 aromatic heterocycles. The minimum Gasteiger partial charge on any atom is -0.464 e. The maximum absolute atomic E-state index is 16.1. The van der Waals surface area contributed by atoms with E-state index in [2.05, 4.69) is 15.0 Å². The number of piperazine rings is 1. The summed E-state index contributed by atoms with van der Waals surface area (Å²) < 4.78 is 43.2. The van der Waals surface area contributed by atoms with E-state index in [9.17, 15) is 9.59 Å². The van der Waals surface area contributed by atoms with Crippen LogP contribution in [0.1, 0.15) is 37.9 Å². The van der Waals surface area contributed by atoms with Crippen LogP contribution in [0.4, 0.5) is 14.6 Å². The Morgan fingerprint density at radius 3 is 2.70 bits per heavy atom. The fourth-order valence-electron chi connectivity index (χ4n) is 5.99. The predicted molar refractivity (Wildman–Crippen MR) is 171 cm³/mol. The molecule has 12 heteroatoms. The van der Waals surface area contributed by atoms with E-state index in [1.807, 2.05) is 32.6 Å². The van der Waals surface area contributed by atoms with E-state index in [1.54, 1.807) is 36.4 Å². The number of pyridine rings is 2. The number of ether oxygens (including phenoxy) is 1. The molecule has 6 rings (SSSR count). The molecule has 0 radical (unpaired) electrons. The molecule has 0 saturated carbocycles. The third kappa shape index (κ3) is 5.53. The maximum atomic E-state index is 16.1. The van der Waals surface area contributed by atoms with Gasteiger partial charge in [-0.2, -0.15) is 4.98 Å². The number of nitrogens with zero attached hydrogens (tertiary/aromatic N) is 6. The first-order chi connectivity index (χ1) is 22.1. The molecule has 0 spiro atoms. The van der Waals surface area contributed by atoms with Gasteiger partial charge in [-0.25, -0.2) is 23.1 Å². The molecule has 0 N–H and O–H groups in total. The van der Waals surface area contributed by atoms with E-state index in [0.717, 1.165) is 5.56 Å². The van der Waals surface area contributed by atoms with Crippen molar-refractivity contribution in [2.24, 2.45) is 0 Å². The van der Waals surface area contributed by atoms with Gasteiger partial charge in [0.15, 0.2) is 5.65 Å². The van der Waals surface area contributed by atoms with E-state index in [-0.39, 0.29) is 46.0 Å². The van der Waals surface area contributed by atoms with Gasteiger partial charge in [-0.05, 0) is 49.6 Å². The van der Waals surface area contributed by atoms with Crippen LogP contribution in [0.15, 0.2) is 64.2 Å². The van der Waals surface area contributed by atoms with Gasteiger partial charge in [0.05, 0.1) is 29.6 Å². The first kappa shape index (κ1) is 31.0. The molecule has 1 fully saturated rings.